The lowest BCUT2D eigenvalue weighted by atomic mass is 10.2. The molecule has 1 aromatic heterocycles. The van der Waals surface area contributed by atoms with Crippen LogP contribution in [0.2, 0.25) is 0 Å². The van der Waals surface area contributed by atoms with E-state index >= 15 is 0 Å². The Hall–Kier alpha value is -1.76. The van der Waals surface area contributed by atoms with E-state index in [9.17, 15) is 0 Å². The number of fused-ring (bicyclic) bond motifs is 3. The van der Waals surface area contributed by atoms with E-state index in [0.29, 0.717) is 0 Å². The molecule has 0 saturated heterocycles. The highest BCUT2D eigenvalue weighted by molar-refractivity contribution is 6.06. The fourth-order valence-electron chi connectivity index (χ4n) is 1.80. The highest BCUT2D eigenvalue weighted by atomic mass is 14.7. The smallest absolute Gasteiger partial charge is 0.0464 e. The molecule has 3 radical (unpaired) electrons. The molecule has 2 aromatic carbocycles. The summed E-state index contributed by atoms with van der Waals surface area (Å²) in [5, 5.41) is 2.61. The SMILES string of the molecule is [CH].c1ccc2c(c1)[nH]c1ccccc12. The molecule has 3 aromatic rings. The van der Waals surface area contributed by atoms with Gasteiger partial charge in [-0.05, 0) is 19.6 Å². The Morgan fingerprint density at radius 2 is 1.07 bits per heavy atom. The van der Waals surface area contributed by atoms with Gasteiger partial charge in [0.1, 0.15) is 0 Å². The van der Waals surface area contributed by atoms with Crippen molar-refractivity contribution in [2.24, 2.45) is 0 Å². The van der Waals surface area contributed by atoms with Gasteiger partial charge >= 0.3 is 0 Å². The molecule has 0 unspecified atom stereocenters. The summed E-state index contributed by atoms with van der Waals surface area (Å²) in [7, 11) is 0. The van der Waals surface area contributed by atoms with Crippen molar-refractivity contribution in [3.05, 3.63) is 56.0 Å². The standard InChI is InChI=1S/C12H9N.CH/c1-3-7-11-9(5-1)10-6-2-4-8-12(10)13-11;/h1-8,13H;1H. The van der Waals surface area contributed by atoms with Crippen LogP contribution in [0.1, 0.15) is 0 Å². The van der Waals surface area contributed by atoms with Crippen LogP contribution in [0.4, 0.5) is 0 Å². The molecule has 0 atom stereocenters. The lowest BCUT2D eigenvalue weighted by Gasteiger charge is -1.87. The summed E-state index contributed by atoms with van der Waals surface area (Å²) in [6, 6.07) is 16.8. The van der Waals surface area contributed by atoms with E-state index in [4.69, 9.17) is 0 Å². The molecule has 1 nitrogen and oxygen atoms in total. The van der Waals surface area contributed by atoms with Gasteiger partial charge in [0, 0.05) is 21.8 Å². The van der Waals surface area contributed by atoms with Crippen LogP contribution in [0, 0.1) is 7.43 Å². The van der Waals surface area contributed by atoms with Gasteiger partial charge in [-0.3, -0.25) is 0 Å². The second-order valence-electron chi connectivity index (χ2n) is 3.22. The van der Waals surface area contributed by atoms with Crippen molar-refractivity contribution in [3.63, 3.8) is 0 Å². The first kappa shape index (κ1) is 8.82. The molecule has 1 heteroatoms. The highest BCUT2D eigenvalue weighted by Crippen LogP contribution is 2.24. The summed E-state index contributed by atoms with van der Waals surface area (Å²) in [6.07, 6.45) is 0. The van der Waals surface area contributed by atoms with Crippen molar-refractivity contribution in [1.82, 2.24) is 4.98 Å². The summed E-state index contributed by atoms with van der Waals surface area (Å²) in [5.74, 6) is 0. The Morgan fingerprint density at radius 1 is 0.643 bits per heavy atom. The fourth-order valence-corrected chi connectivity index (χ4v) is 1.80. The highest BCUT2D eigenvalue weighted by Gasteiger charge is 2.00. The van der Waals surface area contributed by atoms with Crippen molar-refractivity contribution in [3.8, 4) is 0 Å². The monoisotopic (exact) mass is 180 g/mol. The maximum absolute atomic E-state index is 3.38. The van der Waals surface area contributed by atoms with Crippen LogP contribution in [0.15, 0.2) is 48.5 Å². The van der Waals surface area contributed by atoms with Crippen molar-refractivity contribution in [1.29, 1.82) is 0 Å². The maximum atomic E-state index is 3.38. The Morgan fingerprint density at radius 3 is 1.57 bits per heavy atom. The average molecular weight is 180 g/mol. The Labute approximate surface area is 83.4 Å². The first-order chi connectivity index (χ1) is 6.45. The molecule has 67 valence electrons. The van der Waals surface area contributed by atoms with E-state index in [2.05, 4.69) is 53.5 Å². The largest absolute Gasteiger partial charge is 0.355 e. The van der Waals surface area contributed by atoms with Gasteiger partial charge in [-0.1, -0.05) is 36.4 Å². The third kappa shape index (κ3) is 1.10. The minimum absolute atomic E-state index is 0. The number of hydrogen-bond acceptors (Lipinski definition) is 0. The number of aromatic amines is 1. The molecule has 1 heterocycles. The number of aromatic nitrogens is 1. The van der Waals surface area contributed by atoms with Crippen LogP contribution >= 0.6 is 0 Å². The van der Waals surface area contributed by atoms with E-state index < -0.39 is 0 Å². The second-order valence-corrected chi connectivity index (χ2v) is 3.22. The minimum atomic E-state index is 0. The quantitative estimate of drug-likeness (QED) is 0.544. The van der Waals surface area contributed by atoms with E-state index in [1.165, 1.54) is 21.8 Å². The third-order valence-electron chi connectivity index (χ3n) is 2.41. The van der Waals surface area contributed by atoms with Crippen molar-refractivity contribution < 1.29 is 0 Å². The summed E-state index contributed by atoms with van der Waals surface area (Å²) in [4.78, 5) is 3.38. The lowest BCUT2D eigenvalue weighted by Crippen LogP contribution is -1.62. The fraction of sp³-hybridized carbons (Fsp3) is 0. The van der Waals surface area contributed by atoms with Gasteiger partial charge in [-0.15, -0.1) is 0 Å². The Balaban J connectivity index is 0.000000750. The van der Waals surface area contributed by atoms with Gasteiger partial charge in [0.15, 0.2) is 0 Å². The number of nitrogens with one attached hydrogen (secondary N) is 1. The molecular formula is C13H10N. The van der Waals surface area contributed by atoms with Gasteiger partial charge in [-0.25, -0.2) is 0 Å². The van der Waals surface area contributed by atoms with E-state index in [1.807, 2.05) is 0 Å². The van der Waals surface area contributed by atoms with Crippen LogP contribution < -0.4 is 0 Å². The second kappa shape index (κ2) is 3.18. The molecule has 0 fully saturated rings. The van der Waals surface area contributed by atoms with Crippen LogP contribution in [-0.2, 0) is 0 Å². The van der Waals surface area contributed by atoms with Crippen LogP contribution in [0.5, 0.6) is 0 Å². The van der Waals surface area contributed by atoms with Crippen molar-refractivity contribution in [2.75, 3.05) is 0 Å². The molecule has 0 spiro atoms. The van der Waals surface area contributed by atoms with Gasteiger partial charge in [0.2, 0.25) is 0 Å². The van der Waals surface area contributed by atoms with Gasteiger partial charge < -0.3 is 4.98 Å². The molecule has 0 bridgehead atoms. The van der Waals surface area contributed by atoms with Crippen molar-refractivity contribution >= 4 is 21.8 Å². The lowest BCUT2D eigenvalue weighted by molar-refractivity contribution is 1.55. The number of benzene rings is 2. The van der Waals surface area contributed by atoms with Crippen molar-refractivity contribution in [2.45, 2.75) is 0 Å². The summed E-state index contributed by atoms with van der Waals surface area (Å²) >= 11 is 0. The van der Waals surface area contributed by atoms with Crippen LogP contribution in [0.3, 0.4) is 0 Å². The Bertz CT molecular complexity index is 513. The topological polar surface area (TPSA) is 15.8 Å². The zero-order valence-electron chi connectivity index (χ0n) is 7.70. The first-order valence-electron chi connectivity index (χ1n) is 4.40. The normalized spacial score (nSPS) is 10.3. The summed E-state index contributed by atoms with van der Waals surface area (Å²) < 4.78 is 0. The first-order valence-corrected chi connectivity index (χ1v) is 4.40. The predicted molar refractivity (Wildman–Crippen MR) is 60.1 cm³/mol. The number of para-hydroxylation sites is 2. The predicted octanol–water partition coefficient (Wildman–Crippen LogP) is 3.53. The minimum Gasteiger partial charge on any atom is -0.355 e. The van der Waals surface area contributed by atoms with Gasteiger partial charge in [0.25, 0.3) is 0 Å². The molecule has 14 heavy (non-hydrogen) atoms. The molecular weight excluding hydrogens is 170 g/mol. The molecule has 3 rings (SSSR count). The average Bonchev–Trinajstić information content (AvgIpc) is 2.56. The molecule has 0 amide bonds. The Kier molecular flexibility index (Phi) is 2.01. The van der Waals surface area contributed by atoms with Gasteiger partial charge in [-0.2, -0.15) is 0 Å². The third-order valence-corrected chi connectivity index (χ3v) is 2.41. The number of hydrogen-bond donors (Lipinski definition) is 1. The molecule has 0 aliphatic rings. The summed E-state index contributed by atoms with van der Waals surface area (Å²) in [5.41, 5.74) is 2.42. The molecule has 0 aliphatic heterocycles. The zero-order valence-corrected chi connectivity index (χ0v) is 7.70. The van der Waals surface area contributed by atoms with E-state index in [0.717, 1.165) is 0 Å². The van der Waals surface area contributed by atoms with Crippen LogP contribution in [0.25, 0.3) is 21.8 Å². The van der Waals surface area contributed by atoms with Gasteiger partial charge in [0.05, 0.1) is 0 Å². The molecule has 1 N–H and O–H groups in total. The molecule has 0 saturated carbocycles. The van der Waals surface area contributed by atoms with E-state index in [1.54, 1.807) is 0 Å². The molecule has 0 aliphatic carbocycles. The van der Waals surface area contributed by atoms with E-state index in [-0.39, 0.29) is 7.43 Å². The summed E-state index contributed by atoms with van der Waals surface area (Å²) in [6.45, 7) is 0. The maximum Gasteiger partial charge on any atom is 0.0464 e. The number of H-pyrrole nitrogens is 1. The number of rotatable bonds is 0. The van der Waals surface area contributed by atoms with Crippen LogP contribution in [-0.4, -0.2) is 4.98 Å². The zero-order chi connectivity index (χ0) is 8.67.